The highest BCUT2D eigenvalue weighted by Crippen LogP contribution is 2.22. The Labute approximate surface area is 85.2 Å². The number of rotatable bonds is 2. The maximum atomic E-state index is 11.5. The van der Waals surface area contributed by atoms with Gasteiger partial charge in [-0.05, 0) is 25.7 Å². The number of nitrogens with zero attached hydrogens (tertiary/aromatic N) is 1. The van der Waals surface area contributed by atoms with Crippen molar-refractivity contribution in [3.05, 3.63) is 0 Å². The first-order chi connectivity index (χ1) is 6.70. The lowest BCUT2D eigenvalue weighted by Crippen LogP contribution is -2.46. The van der Waals surface area contributed by atoms with Crippen molar-refractivity contribution in [2.24, 2.45) is 0 Å². The molecule has 0 aromatic carbocycles. The van der Waals surface area contributed by atoms with E-state index < -0.39 is 0 Å². The molecule has 0 saturated carbocycles. The fraction of sp³-hybridized carbons (Fsp3) is 0.900. The molecular formula is C10H19NO3. The molecule has 1 rings (SSSR count). The van der Waals surface area contributed by atoms with Crippen LogP contribution in [0.15, 0.2) is 0 Å². The summed E-state index contributed by atoms with van der Waals surface area (Å²) >= 11 is 0. The number of amides is 1. The van der Waals surface area contributed by atoms with Crippen LogP contribution in [0.3, 0.4) is 0 Å². The molecule has 0 N–H and O–H groups in total. The predicted octanol–water partition coefficient (Wildman–Crippen LogP) is 1.35. The lowest BCUT2D eigenvalue weighted by Gasteiger charge is -2.33. The third kappa shape index (κ3) is 2.45. The SMILES string of the molecule is CO[C@H]1CCCC[C@@H](OC)N1C(C)=O. The summed E-state index contributed by atoms with van der Waals surface area (Å²) in [5, 5.41) is 0. The standard InChI is InChI=1S/C10H19NO3/c1-8(12)11-9(13-2)6-4-5-7-10(11)14-3/h9-10H,4-7H2,1-3H3/t9-,10+. The highest BCUT2D eigenvalue weighted by Gasteiger charge is 2.30. The summed E-state index contributed by atoms with van der Waals surface area (Å²) in [5.74, 6) is 0.0191. The van der Waals surface area contributed by atoms with E-state index >= 15 is 0 Å². The van der Waals surface area contributed by atoms with Crippen molar-refractivity contribution in [3.63, 3.8) is 0 Å². The Morgan fingerprint density at radius 3 is 1.86 bits per heavy atom. The van der Waals surface area contributed by atoms with Gasteiger partial charge in [0, 0.05) is 21.1 Å². The second kappa shape index (κ2) is 5.32. The quantitative estimate of drug-likeness (QED) is 0.677. The zero-order chi connectivity index (χ0) is 10.6. The molecule has 0 bridgehead atoms. The molecule has 1 heterocycles. The number of likely N-dealkylation sites (tertiary alicyclic amines) is 1. The molecule has 0 aromatic rings. The van der Waals surface area contributed by atoms with Gasteiger partial charge >= 0.3 is 0 Å². The zero-order valence-corrected chi connectivity index (χ0v) is 9.16. The van der Waals surface area contributed by atoms with Crippen LogP contribution in [0, 0.1) is 0 Å². The van der Waals surface area contributed by atoms with Crippen molar-refractivity contribution in [1.29, 1.82) is 0 Å². The summed E-state index contributed by atoms with van der Waals surface area (Å²) in [4.78, 5) is 13.2. The van der Waals surface area contributed by atoms with Gasteiger partial charge in [-0.25, -0.2) is 0 Å². The first-order valence-electron chi connectivity index (χ1n) is 5.05. The van der Waals surface area contributed by atoms with E-state index in [0.717, 1.165) is 25.7 Å². The Morgan fingerprint density at radius 1 is 1.14 bits per heavy atom. The molecule has 1 saturated heterocycles. The molecule has 0 radical (unpaired) electrons. The molecule has 1 amide bonds. The van der Waals surface area contributed by atoms with Gasteiger partial charge < -0.3 is 9.47 Å². The van der Waals surface area contributed by atoms with E-state index in [-0.39, 0.29) is 18.4 Å². The van der Waals surface area contributed by atoms with Gasteiger partial charge in [-0.1, -0.05) is 0 Å². The van der Waals surface area contributed by atoms with E-state index in [2.05, 4.69) is 0 Å². The molecule has 4 nitrogen and oxygen atoms in total. The zero-order valence-electron chi connectivity index (χ0n) is 9.16. The van der Waals surface area contributed by atoms with Gasteiger partial charge in [0.25, 0.3) is 0 Å². The monoisotopic (exact) mass is 201 g/mol. The molecule has 0 aromatic heterocycles. The van der Waals surface area contributed by atoms with Crippen LogP contribution in [0.2, 0.25) is 0 Å². The van der Waals surface area contributed by atoms with E-state index in [1.807, 2.05) is 0 Å². The summed E-state index contributed by atoms with van der Waals surface area (Å²) in [5.41, 5.74) is 0. The first kappa shape index (κ1) is 11.5. The van der Waals surface area contributed by atoms with Gasteiger partial charge in [-0.3, -0.25) is 9.69 Å². The van der Waals surface area contributed by atoms with Crippen LogP contribution in [-0.2, 0) is 14.3 Å². The number of carbonyl (C=O) groups is 1. The number of hydrogen-bond donors (Lipinski definition) is 0. The highest BCUT2D eigenvalue weighted by atomic mass is 16.5. The van der Waals surface area contributed by atoms with Crippen molar-refractivity contribution in [1.82, 2.24) is 4.90 Å². The summed E-state index contributed by atoms with van der Waals surface area (Å²) in [6.07, 6.45) is 3.72. The van der Waals surface area contributed by atoms with E-state index in [0.29, 0.717) is 0 Å². The Morgan fingerprint density at radius 2 is 1.57 bits per heavy atom. The van der Waals surface area contributed by atoms with Crippen LogP contribution in [0.25, 0.3) is 0 Å². The van der Waals surface area contributed by atoms with Gasteiger partial charge in [0.15, 0.2) is 0 Å². The van der Waals surface area contributed by atoms with Crippen molar-refractivity contribution in [2.75, 3.05) is 14.2 Å². The Balaban J connectivity index is 2.77. The van der Waals surface area contributed by atoms with Gasteiger partial charge in [-0.2, -0.15) is 0 Å². The first-order valence-corrected chi connectivity index (χ1v) is 5.05. The smallest absolute Gasteiger partial charge is 0.223 e. The molecule has 1 aliphatic heterocycles. The number of hydrogen-bond acceptors (Lipinski definition) is 3. The molecule has 0 spiro atoms. The largest absolute Gasteiger partial charge is 0.361 e. The summed E-state index contributed by atoms with van der Waals surface area (Å²) in [7, 11) is 3.28. The lowest BCUT2D eigenvalue weighted by atomic mass is 10.2. The van der Waals surface area contributed by atoms with Crippen LogP contribution in [0.4, 0.5) is 0 Å². The minimum Gasteiger partial charge on any atom is -0.361 e. The van der Waals surface area contributed by atoms with Gasteiger partial charge in [-0.15, -0.1) is 0 Å². The van der Waals surface area contributed by atoms with Crippen LogP contribution in [0.5, 0.6) is 0 Å². The normalized spacial score (nSPS) is 28.6. The molecule has 0 aliphatic carbocycles. The van der Waals surface area contributed by atoms with Gasteiger partial charge in [0.1, 0.15) is 12.5 Å². The van der Waals surface area contributed by atoms with Crippen LogP contribution in [-0.4, -0.2) is 37.5 Å². The predicted molar refractivity (Wildman–Crippen MR) is 52.6 cm³/mol. The Kier molecular flexibility index (Phi) is 4.35. The maximum absolute atomic E-state index is 11.5. The lowest BCUT2D eigenvalue weighted by molar-refractivity contribution is -0.165. The molecular weight excluding hydrogens is 182 g/mol. The van der Waals surface area contributed by atoms with E-state index in [4.69, 9.17) is 9.47 Å². The molecule has 1 aliphatic rings. The maximum Gasteiger partial charge on any atom is 0.223 e. The fourth-order valence-electron chi connectivity index (χ4n) is 1.97. The minimum absolute atomic E-state index is 0.0191. The summed E-state index contributed by atoms with van der Waals surface area (Å²) < 4.78 is 10.6. The summed E-state index contributed by atoms with van der Waals surface area (Å²) in [6, 6.07) is 0. The Bertz CT molecular complexity index is 182. The molecule has 4 heteroatoms. The van der Waals surface area contributed by atoms with Gasteiger partial charge in [0.2, 0.25) is 5.91 Å². The molecule has 1 fully saturated rings. The van der Waals surface area contributed by atoms with Crippen molar-refractivity contribution in [2.45, 2.75) is 45.1 Å². The molecule has 2 atom stereocenters. The second-order valence-electron chi connectivity index (χ2n) is 3.59. The topological polar surface area (TPSA) is 38.8 Å². The van der Waals surface area contributed by atoms with Crippen LogP contribution in [0.1, 0.15) is 32.6 Å². The average molecular weight is 201 g/mol. The molecule has 82 valence electrons. The van der Waals surface area contributed by atoms with Crippen molar-refractivity contribution in [3.8, 4) is 0 Å². The second-order valence-corrected chi connectivity index (χ2v) is 3.59. The Hall–Kier alpha value is -0.610. The third-order valence-electron chi connectivity index (χ3n) is 2.68. The van der Waals surface area contributed by atoms with Crippen molar-refractivity contribution < 1.29 is 14.3 Å². The van der Waals surface area contributed by atoms with E-state index in [1.54, 1.807) is 26.0 Å². The summed E-state index contributed by atoms with van der Waals surface area (Å²) in [6.45, 7) is 1.56. The fourth-order valence-corrected chi connectivity index (χ4v) is 1.97. The molecule has 14 heavy (non-hydrogen) atoms. The third-order valence-corrected chi connectivity index (χ3v) is 2.68. The highest BCUT2D eigenvalue weighted by molar-refractivity contribution is 5.73. The van der Waals surface area contributed by atoms with Crippen LogP contribution < -0.4 is 0 Å². The van der Waals surface area contributed by atoms with Crippen molar-refractivity contribution >= 4 is 5.91 Å². The number of methoxy groups -OCH3 is 2. The average Bonchev–Trinajstić information content (AvgIpc) is 2.38. The van der Waals surface area contributed by atoms with E-state index in [1.165, 1.54) is 0 Å². The number of ether oxygens (including phenoxy) is 2. The number of carbonyl (C=O) groups excluding carboxylic acids is 1. The minimum atomic E-state index is -0.125. The van der Waals surface area contributed by atoms with Gasteiger partial charge in [0.05, 0.1) is 0 Å². The molecule has 0 unspecified atom stereocenters. The van der Waals surface area contributed by atoms with E-state index in [9.17, 15) is 4.79 Å². The van der Waals surface area contributed by atoms with Crippen LogP contribution >= 0.6 is 0 Å².